The molecule has 0 fully saturated rings. The molecule has 1 aromatic rings. The molecule has 0 spiro atoms. The molecule has 0 aliphatic carbocycles. The SMILES string of the molecule is COc1ccc(C(=O)CCC(=O)NC(C)C)cc1F. The van der Waals surface area contributed by atoms with Gasteiger partial charge in [-0.05, 0) is 32.0 Å². The lowest BCUT2D eigenvalue weighted by Crippen LogP contribution is -2.30. The van der Waals surface area contributed by atoms with Crippen molar-refractivity contribution in [1.82, 2.24) is 5.32 Å². The Kier molecular flexibility index (Phi) is 5.48. The van der Waals surface area contributed by atoms with Crippen LogP contribution < -0.4 is 10.1 Å². The zero-order valence-electron chi connectivity index (χ0n) is 11.3. The monoisotopic (exact) mass is 267 g/mol. The van der Waals surface area contributed by atoms with Crippen molar-refractivity contribution < 1.29 is 18.7 Å². The van der Waals surface area contributed by atoms with E-state index in [2.05, 4.69) is 5.32 Å². The maximum Gasteiger partial charge on any atom is 0.220 e. The first kappa shape index (κ1) is 15.1. The summed E-state index contributed by atoms with van der Waals surface area (Å²) in [6.07, 6.45) is 0.162. The van der Waals surface area contributed by atoms with Crippen molar-refractivity contribution in [3.05, 3.63) is 29.6 Å². The van der Waals surface area contributed by atoms with Gasteiger partial charge in [0.15, 0.2) is 17.3 Å². The third-order valence-electron chi connectivity index (χ3n) is 2.50. The number of methoxy groups -OCH3 is 1. The van der Waals surface area contributed by atoms with E-state index in [1.165, 1.54) is 19.2 Å². The molecule has 4 nitrogen and oxygen atoms in total. The molecular formula is C14H18FNO3. The summed E-state index contributed by atoms with van der Waals surface area (Å²) in [5, 5.41) is 2.69. The standard InChI is InChI=1S/C14H18FNO3/c1-9(2)16-14(18)7-5-12(17)10-4-6-13(19-3)11(15)8-10/h4,6,8-9H,5,7H2,1-3H3,(H,16,18). The number of nitrogens with one attached hydrogen (secondary N) is 1. The third-order valence-corrected chi connectivity index (χ3v) is 2.50. The number of rotatable bonds is 6. The number of benzene rings is 1. The molecule has 0 aliphatic heterocycles. The lowest BCUT2D eigenvalue weighted by atomic mass is 10.1. The lowest BCUT2D eigenvalue weighted by Gasteiger charge is -2.08. The van der Waals surface area contributed by atoms with Crippen molar-refractivity contribution in [1.29, 1.82) is 0 Å². The molecule has 0 atom stereocenters. The minimum atomic E-state index is -0.583. The van der Waals surface area contributed by atoms with Crippen molar-refractivity contribution >= 4 is 11.7 Å². The summed E-state index contributed by atoms with van der Waals surface area (Å²) >= 11 is 0. The maximum absolute atomic E-state index is 13.4. The molecule has 0 aromatic heterocycles. The van der Waals surface area contributed by atoms with E-state index in [1.54, 1.807) is 0 Å². The predicted molar refractivity (Wildman–Crippen MR) is 69.8 cm³/mol. The lowest BCUT2D eigenvalue weighted by molar-refractivity contribution is -0.121. The highest BCUT2D eigenvalue weighted by molar-refractivity contribution is 5.98. The van der Waals surface area contributed by atoms with E-state index in [4.69, 9.17) is 4.74 Å². The van der Waals surface area contributed by atoms with Gasteiger partial charge < -0.3 is 10.1 Å². The van der Waals surface area contributed by atoms with Gasteiger partial charge in [0, 0.05) is 24.4 Å². The van der Waals surface area contributed by atoms with E-state index >= 15 is 0 Å². The van der Waals surface area contributed by atoms with E-state index in [0.717, 1.165) is 6.07 Å². The van der Waals surface area contributed by atoms with Crippen LogP contribution in [0, 0.1) is 5.82 Å². The van der Waals surface area contributed by atoms with E-state index in [1.807, 2.05) is 13.8 Å². The number of ketones is 1. The van der Waals surface area contributed by atoms with Gasteiger partial charge in [-0.15, -0.1) is 0 Å². The van der Waals surface area contributed by atoms with Crippen molar-refractivity contribution in [2.45, 2.75) is 32.7 Å². The summed E-state index contributed by atoms with van der Waals surface area (Å²) in [5.41, 5.74) is 0.246. The Balaban J connectivity index is 2.59. The molecule has 104 valence electrons. The Morgan fingerprint density at radius 3 is 2.53 bits per heavy atom. The second-order valence-corrected chi connectivity index (χ2v) is 4.49. The van der Waals surface area contributed by atoms with Crippen LogP contribution in [-0.2, 0) is 4.79 Å². The number of hydrogen-bond donors (Lipinski definition) is 1. The van der Waals surface area contributed by atoms with E-state index in [0.29, 0.717) is 0 Å². The fourth-order valence-electron chi connectivity index (χ4n) is 1.61. The van der Waals surface area contributed by atoms with Crippen LogP contribution >= 0.6 is 0 Å². The number of hydrogen-bond acceptors (Lipinski definition) is 3. The van der Waals surface area contributed by atoms with Crippen molar-refractivity contribution in [2.75, 3.05) is 7.11 Å². The summed E-state index contributed by atoms with van der Waals surface area (Å²) in [6.45, 7) is 3.69. The molecule has 0 saturated heterocycles. The number of ether oxygens (including phenoxy) is 1. The number of carbonyl (C=O) groups is 2. The molecule has 0 saturated carbocycles. The molecule has 1 amide bonds. The quantitative estimate of drug-likeness (QED) is 0.805. The highest BCUT2D eigenvalue weighted by Crippen LogP contribution is 2.18. The molecule has 0 heterocycles. The van der Waals surface area contributed by atoms with Crippen LogP contribution in [0.1, 0.15) is 37.0 Å². The second-order valence-electron chi connectivity index (χ2n) is 4.49. The van der Waals surface area contributed by atoms with Gasteiger partial charge in [0.1, 0.15) is 0 Å². The molecule has 0 unspecified atom stereocenters. The number of halogens is 1. The predicted octanol–water partition coefficient (Wildman–Crippen LogP) is 2.32. The van der Waals surface area contributed by atoms with Crippen LogP contribution in [0.25, 0.3) is 0 Å². The first-order chi connectivity index (χ1) is 8.93. The zero-order chi connectivity index (χ0) is 14.4. The maximum atomic E-state index is 13.4. The molecule has 0 bridgehead atoms. The second kappa shape index (κ2) is 6.87. The normalized spacial score (nSPS) is 10.4. The van der Waals surface area contributed by atoms with Gasteiger partial charge in [0.05, 0.1) is 7.11 Å². The average Bonchev–Trinajstić information content (AvgIpc) is 2.35. The van der Waals surface area contributed by atoms with Gasteiger partial charge in [-0.25, -0.2) is 4.39 Å². The fourth-order valence-corrected chi connectivity index (χ4v) is 1.61. The first-order valence-electron chi connectivity index (χ1n) is 6.10. The largest absolute Gasteiger partial charge is 0.494 e. The molecule has 1 rings (SSSR count). The Hall–Kier alpha value is -1.91. The first-order valence-corrected chi connectivity index (χ1v) is 6.10. The Morgan fingerprint density at radius 2 is 2.00 bits per heavy atom. The summed E-state index contributed by atoms with van der Waals surface area (Å²) in [6, 6.07) is 4.06. The molecule has 19 heavy (non-hydrogen) atoms. The van der Waals surface area contributed by atoms with Crippen LogP contribution in [-0.4, -0.2) is 24.8 Å². The topological polar surface area (TPSA) is 55.4 Å². The number of carbonyl (C=O) groups excluding carboxylic acids is 2. The Labute approximate surface area is 112 Å². The molecule has 1 aromatic carbocycles. The van der Waals surface area contributed by atoms with Gasteiger partial charge in [-0.2, -0.15) is 0 Å². The van der Waals surface area contributed by atoms with Crippen LogP contribution in [0.3, 0.4) is 0 Å². The smallest absolute Gasteiger partial charge is 0.220 e. The number of amides is 1. The van der Waals surface area contributed by atoms with Gasteiger partial charge in [0.25, 0.3) is 0 Å². The van der Waals surface area contributed by atoms with Gasteiger partial charge in [-0.3, -0.25) is 9.59 Å². The summed E-state index contributed by atoms with van der Waals surface area (Å²) in [5.74, 6) is -0.938. The summed E-state index contributed by atoms with van der Waals surface area (Å²) < 4.78 is 18.2. The van der Waals surface area contributed by atoms with E-state index < -0.39 is 5.82 Å². The zero-order valence-corrected chi connectivity index (χ0v) is 11.3. The highest BCUT2D eigenvalue weighted by Gasteiger charge is 2.12. The minimum Gasteiger partial charge on any atom is -0.494 e. The van der Waals surface area contributed by atoms with Crippen LogP contribution in [0.15, 0.2) is 18.2 Å². The molecule has 0 radical (unpaired) electrons. The van der Waals surface area contributed by atoms with Crippen molar-refractivity contribution in [2.24, 2.45) is 0 Å². The van der Waals surface area contributed by atoms with Crippen molar-refractivity contribution in [3.63, 3.8) is 0 Å². The summed E-state index contributed by atoms with van der Waals surface area (Å²) in [4.78, 5) is 23.2. The van der Waals surface area contributed by atoms with Gasteiger partial charge in [-0.1, -0.05) is 0 Å². The van der Waals surface area contributed by atoms with E-state index in [-0.39, 0.29) is 41.9 Å². The van der Waals surface area contributed by atoms with Gasteiger partial charge in [0.2, 0.25) is 5.91 Å². The van der Waals surface area contributed by atoms with Crippen LogP contribution in [0.2, 0.25) is 0 Å². The molecule has 0 aliphatic rings. The average molecular weight is 267 g/mol. The molecule has 5 heteroatoms. The molecular weight excluding hydrogens is 249 g/mol. The highest BCUT2D eigenvalue weighted by atomic mass is 19.1. The van der Waals surface area contributed by atoms with E-state index in [9.17, 15) is 14.0 Å². The minimum absolute atomic E-state index is 0.0426. The number of Topliss-reactive ketones (excluding diaryl/α,β-unsaturated/α-hetero) is 1. The summed E-state index contributed by atoms with van der Waals surface area (Å²) in [7, 11) is 1.36. The Bertz CT molecular complexity index is 472. The van der Waals surface area contributed by atoms with Gasteiger partial charge >= 0.3 is 0 Å². The molecule has 1 N–H and O–H groups in total. The Morgan fingerprint density at radius 1 is 1.32 bits per heavy atom. The fraction of sp³-hybridized carbons (Fsp3) is 0.429. The third kappa shape index (κ3) is 4.69. The van der Waals surface area contributed by atoms with Crippen molar-refractivity contribution in [3.8, 4) is 5.75 Å². The van der Waals surface area contributed by atoms with Crippen LogP contribution in [0.5, 0.6) is 5.75 Å². The van der Waals surface area contributed by atoms with Crippen LogP contribution in [0.4, 0.5) is 4.39 Å².